The molecule has 1 amide bonds. The third kappa shape index (κ3) is 4.26. The van der Waals surface area contributed by atoms with Crippen molar-refractivity contribution in [3.05, 3.63) is 107 Å². The maximum Gasteiger partial charge on any atom is 0.254 e. The van der Waals surface area contributed by atoms with Gasteiger partial charge in [0.2, 0.25) is 0 Å². The molecule has 0 saturated carbocycles. The van der Waals surface area contributed by atoms with E-state index in [0.29, 0.717) is 18.7 Å². The molecule has 1 aliphatic rings. The van der Waals surface area contributed by atoms with Gasteiger partial charge < -0.3 is 19.7 Å². The van der Waals surface area contributed by atoms with Crippen molar-refractivity contribution in [1.82, 2.24) is 4.90 Å². The van der Waals surface area contributed by atoms with Crippen LogP contribution in [0.3, 0.4) is 0 Å². The maximum atomic E-state index is 12.9. The summed E-state index contributed by atoms with van der Waals surface area (Å²) in [5, 5.41) is 11.1. The van der Waals surface area contributed by atoms with Crippen molar-refractivity contribution >= 4 is 11.9 Å². The van der Waals surface area contributed by atoms with Crippen molar-refractivity contribution in [2.45, 2.75) is 6.04 Å². The van der Waals surface area contributed by atoms with Gasteiger partial charge in [0.05, 0.1) is 32.1 Å². The Hall–Kier alpha value is -3.44. The number of hydrogen-bond acceptors (Lipinski definition) is 3. The van der Waals surface area contributed by atoms with E-state index in [-0.39, 0.29) is 17.5 Å². The molecule has 1 fully saturated rings. The highest BCUT2D eigenvalue weighted by Gasteiger charge is 2.31. The van der Waals surface area contributed by atoms with Gasteiger partial charge in [-0.3, -0.25) is 4.79 Å². The SMILES string of the molecule is O=C([O-])c1cccc(C(=O)N2CC[NH+](C(c3ccccc3)c3ccccc3)CC2)c1. The lowest BCUT2D eigenvalue weighted by atomic mass is 9.96. The number of benzene rings is 3. The summed E-state index contributed by atoms with van der Waals surface area (Å²) in [6.45, 7) is 2.89. The molecule has 3 aromatic rings. The number of carboxylic acids is 1. The minimum Gasteiger partial charge on any atom is -0.545 e. The van der Waals surface area contributed by atoms with Gasteiger partial charge in [-0.25, -0.2) is 0 Å². The molecule has 0 aromatic heterocycles. The number of carbonyl (C=O) groups is 2. The summed E-state index contributed by atoms with van der Waals surface area (Å²) in [7, 11) is 0. The Kier molecular flexibility index (Phi) is 5.91. The fraction of sp³-hybridized carbons (Fsp3) is 0.200. The number of nitrogens with one attached hydrogen (secondary N) is 1. The van der Waals surface area contributed by atoms with Crippen LogP contribution in [0.2, 0.25) is 0 Å². The van der Waals surface area contributed by atoms with Crippen LogP contribution in [0.1, 0.15) is 37.9 Å². The highest BCUT2D eigenvalue weighted by Crippen LogP contribution is 2.19. The zero-order chi connectivity index (χ0) is 20.9. The van der Waals surface area contributed by atoms with E-state index in [1.54, 1.807) is 12.1 Å². The van der Waals surface area contributed by atoms with Crippen LogP contribution in [0.15, 0.2) is 84.9 Å². The Morgan fingerprint density at radius 1 is 0.767 bits per heavy atom. The molecule has 1 N–H and O–H groups in total. The zero-order valence-electron chi connectivity index (χ0n) is 16.7. The number of carboxylic acid groups (broad SMARTS) is 1. The molecule has 1 aliphatic heterocycles. The Bertz CT molecular complexity index is 973. The van der Waals surface area contributed by atoms with Crippen molar-refractivity contribution in [2.75, 3.05) is 26.2 Å². The standard InChI is InChI=1S/C25H24N2O3/c28-24(21-12-7-13-22(18-21)25(29)30)27-16-14-26(15-17-27)23(19-8-3-1-4-9-19)20-10-5-2-6-11-20/h1-13,18,23H,14-17H2,(H,29,30). The lowest BCUT2D eigenvalue weighted by Gasteiger charge is -2.37. The van der Waals surface area contributed by atoms with Crippen molar-refractivity contribution in [3.63, 3.8) is 0 Å². The first kappa shape index (κ1) is 19.9. The average Bonchev–Trinajstić information content (AvgIpc) is 2.81. The van der Waals surface area contributed by atoms with Crippen LogP contribution in [0.5, 0.6) is 0 Å². The molecule has 4 rings (SSSR count). The molecule has 152 valence electrons. The summed E-state index contributed by atoms with van der Waals surface area (Å²) < 4.78 is 0. The Morgan fingerprint density at radius 2 is 1.30 bits per heavy atom. The molecule has 0 radical (unpaired) electrons. The molecular formula is C25H24N2O3. The number of amides is 1. The zero-order valence-corrected chi connectivity index (χ0v) is 16.7. The van der Waals surface area contributed by atoms with Gasteiger partial charge >= 0.3 is 0 Å². The lowest BCUT2D eigenvalue weighted by Crippen LogP contribution is -3.15. The first-order valence-electron chi connectivity index (χ1n) is 10.2. The van der Waals surface area contributed by atoms with E-state index in [1.807, 2.05) is 17.0 Å². The molecule has 3 aromatic carbocycles. The van der Waals surface area contributed by atoms with Crippen LogP contribution in [-0.4, -0.2) is 43.0 Å². The molecule has 5 nitrogen and oxygen atoms in total. The van der Waals surface area contributed by atoms with E-state index in [2.05, 4.69) is 48.5 Å². The molecule has 0 unspecified atom stereocenters. The van der Waals surface area contributed by atoms with Crippen molar-refractivity contribution in [1.29, 1.82) is 0 Å². The monoisotopic (exact) mass is 400 g/mol. The third-order valence-corrected chi connectivity index (χ3v) is 5.71. The van der Waals surface area contributed by atoms with Gasteiger partial charge in [0.1, 0.15) is 6.04 Å². The second kappa shape index (κ2) is 8.93. The summed E-state index contributed by atoms with van der Waals surface area (Å²) in [4.78, 5) is 27.2. The summed E-state index contributed by atoms with van der Waals surface area (Å²) in [5.74, 6) is -1.40. The summed E-state index contributed by atoms with van der Waals surface area (Å²) >= 11 is 0. The Morgan fingerprint density at radius 3 is 1.83 bits per heavy atom. The highest BCUT2D eigenvalue weighted by molar-refractivity contribution is 5.97. The highest BCUT2D eigenvalue weighted by atomic mass is 16.4. The van der Waals surface area contributed by atoms with Gasteiger partial charge in [-0.15, -0.1) is 0 Å². The van der Waals surface area contributed by atoms with Crippen LogP contribution in [0.25, 0.3) is 0 Å². The number of hydrogen-bond donors (Lipinski definition) is 1. The van der Waals surface area contributed by atoms with Crippen LogP contribution < -0.4 is 10.0 Å². The predicted octanol–water partition coefficient (Wildman–Crippen LogP) is 1.18. The number of quaternary nitrogens is 1. The van der Waals surface area contributed by atoms with Crippen LogP contribution >= 0.6 is 0 Å². The smallest absolute Gasteiger partial charge is 0.254 e. The van der Waals surface area contributed by atoms with E-state index in [4.69, 9.17) is 0 Å². The largest absolute Gasteiger partial charge is 0.545 e. The van der Waals surface area contributed by atoms with E-state index in [1.165, 1.54) is 28.2 Å². The topological polar surface area (TPSA) is 64.9 Å². The van der Waals surface area contributed by atoms with Gasteiger partial charge in [0.15, 0.2) is 0 Å². The van der Waals surface area contributed by atoms with Crippen molar-refractivity contribution < 1.29 is 19.6 Å². The molecule has 1 heterocycles. The molecule has 0 aliphatic carbocycles. The Balaban J connectivity index is 1.50. The summed E-state index contributed by atoms with van der Waals surface area (Å²) in [6, 6.07) is 27.2. The number of piperazine rings is 1. The molecule has 0 atom stereocenters. The summed E-state index contributed by atoms with van der Waals surface area (Å²) in [5.41, 5.74) is 2.95. The van der Waals surface area contributed by atoms with Crippen LogP contribution in [0.4, 0.5) is 0 Å². The van der Waals surface area contributed by atoms with Crippen LogP contribution in [-0.2, 0) is 0 Å². The second-order valence-electron chi connectivity index (χ2n) is 7.57. The predicted molar refractivity (Wildman–Crippen MR) is 112 cm³/mol. The second-order valence-corrected chi connectivity index (χ2v) is 7.57. The van der Waals surface area contributed by atoms with Gasteiger partial charge in [-0.05, 0) is 17.7 Å². The number of nitrogens with zero attached hydrogens (tertiary/aromatic N) is 1. The molecule has 1 saturated heterocycles. The fourth-order valence-electron chi connectivity index (χ4n) is 4.20. The van der Waals surface area contributed by atoms with E-state index in [0.717, 1.165) is 13.1 Å². The molecule has 30 heavy (non-hydrogen) atoms. The molecule has 0 spiro atoms. The minimum absolute atomic E-state index is 0.0262. The van der Waals surface area contributed by atoms with E-state index < -0.39 is 5.97 Å². The maximum absolute atomic E-state index is 12.9. The lowest BCUT2D eigenvalue weighted by molar-refractivity contribution is -0.929. The average molecular weight is 400 g/mol. The summed E-state index contributed by atoms with van der Waals surface area (Å²) in [6.07, 6.45) is 0. The fourth-order valence-corrected chi connectivity index (χ4v) is 4.20. The number of aromatic carboxylic acids is 1. The van der Waals surface area contributed by atoms with Crippen molar-refractivity contribution in [3.8, 4) is 0 Å². The van der Waals surface area contributed by atoms with Gasteiger partial charge in [-0.2, -0.15) is 0 Å². The number of carbonyl (C=O) groups excluding carboxylic acids is 2. The molecule has 0 bridgehead atoms. The van der Waals surface area contributed by atoms with E-state index >= 15 is 0 Å². The molecular weight excluding hydrogens is 376 g/mol. The normalized spacial score (nSPS) is 14.6. The quantitative estimate of drug-likeness (QED) is 0.700. The van der Waals surface area contributed by atoms with Crippen LogP contribution in [0, 0.1) is 0 Å². The van der Waals surface area contributed by atoms with Crippen molar-refractivity contribution in [2.24, 2.45) is 0 Å². The third-order valence-electron chi connectivity index (χ3n) is 5.71. The first-order chi connectivity index (χ1) is 14.6. The first-order valence-corrected chi connectivity index (χ1v) is 10.2. The van der Waals surface area contributed by atoms with E-state index in [9.17, 15) is 14.7 Å². The minimum atomic E-state index is -1.27. The Labute approximate surface area is 176 Å². The van der Waals surface area contributed by atoms with Gasteiger partial charge in [0.25, 0.3) is 5.91 Å². The van der Waals surface area contributed by atoms with Gasteiger partial charge in [0, 0.05) is 16.7 Å². The number of rotatable bonds is 5. The molecule has 5 heteroatoms. The van der Waals surface area contributed by atoms with Gasteiger partial charge in [-0.1, -0.05) is 72.8 Å².